The number of allylic oxidation sites excluding steroid dienone is 1. The monoisotopic (exact) mass is 263 g/mol. The van der Waals surface area contributed by atoms with Crippen molar-refractivity contribution in [2.45, 2.75) is 25.7 Å². The first-order valence-electron chi connectivity index (χ1n) is 7.08. The molecule has 1 aromatic heterocycles. The number of nitrogens with zero attached hydrogens (tertiary/aromatic N) is 2. The van der Waals surface area contributed by atoms with Gasteiger partial charge in [0.15, 0.2) is 0 Å². The van der Waals surface area contributed by atoms with Gasteiger partial charge in [-0.3, -0.25) is 4.98 Å². The molecule has 3 heteroatoms. The SMILES string of the molecule is N#Cc1cnc2ccccc2c1NCCC1=CCCC1. The van der Waals surface area contributed by atoms with E-state index in [2.05, 4.69) is 22.4 Å². The minimum Gasteiger partial charge on any atom is -0.383 e. The van der Waals surface area contributed by atoms with E-state index in [1.807, 2.05) is 24.3 Å². The predicted molar refractivity (Wildman–Crippen MR) is 81.5 cm³/mol. The summed E-state index contributed by atoms with van der Waals surface area (Å²) < 4.78 is 0. The Morgan fingerprint density at radius 1 is 1.30 bits per heavy atom. The second-order valence-electron chi connectivity index (χ2n) is 5.11. The molecule has 2 aromatic rings. The van der Waals surface area contributed by atoms with Gasteiger partial charge < -0.3 is 5.32 Å². The van der Waals surface area contributed by atoms with Crippen molar-refractivity contribution in [2.75, 3.05) is 11.9 Å². The Morgan fingerprint density at radius 2 is 2.20 bits per heavy atom. The van der Waals surface area contributed by atoms with E-state index in [9.17, 15) is 5.26 Å². The summed E-state index contributed by atoms with van der Waals surface area (Å²) in [6.07, 6.45) is 8.79. The molecule has 3 nitrogen and oxygen atoms in total. The number of hydrogen-bond acceptors (Lipinski definition) is 3. The van der Waals surface area contributed by atoms with E-state index in [4.69, 9.17) is 0 Å². The Balaban J connectivity index is 1.83. The average Bonchev–Trinajstić information content (AvgIpc) is 3.00. The molecule has 100 valence electrons. The number of anilines is 1. The first-order valence-corrected chi connectivity index (χ1v) is 7.08. The zero-order chi connectivity index (χ0) is 13.8. The quantitative estimate of drug-likeness (QED) is 0.847. The molecule has 1 heterocycles. The van der Waals surface area contributed by atoms with E-state index in [1.165, 1.54) is 24.8 Å². The Labute approximate surface area is 118 Å². The average molecular weight is 263 g/mol. The number of para-hydroxylation sites is 1. The molecule has 0 atom stereocenters. The zero-order valence-corrected chi connectivity index (χ0v) is 11.4. The van der Waals surface area contributed by atoms with Gasteiger partial charge in [0.25, 0.3) is 0 Å². The van der Waals surface area contributed by atoms with Gasteiger partial charge >= 0.3 is 0 Å². The highest BCUT2D eigenvalue weighted by Gasteiger charge is 2.09. The molecule has 0 bridgehead atoms. The van der Waals surface area contributed by atoms with Crippen LogP contribution in [0, 0.1) is 11.3 Å². The molecular formula is C17H17N3. The van der Waals surface area contributed by atoms with Crippen molar-refractivity contribution in [2.24, 2.45) is 0 Å². The van der Waals surface area contributed by atoms with Gasteiger partial charge in [0, 0.05) is 18.1 Å². The van der Waals surface area contributed by atoms with Crippen molar-refractivity contribution >= 4 is 16.6 Å². The molecule has 0 radical (unpaired) electrons. The van der Waals surface area contributed by atoms with Gasteiger partial charge in [-0.05, 0) is 31.7 Å². The molecule has 3 rings (SSSR count). The molecule has 1 aliphatic rings. The molecule has 1 aliphatic carbocycles. The topological polar surface area (TPSA) is 48.7 Å². The Kier molecular flexibility index (Phi) is 3.64. The van der Waals surface area contributed by atoms with Gasteiger partial charge in [0.05, 0.1) is 16.8 Å². The lowest BCUT2D eigenvalue weighted by Crippen LogP contribution is -2.05. The van der Waals surface area contributed by atoms with Crippen molar-refractivity contribution in [1.82, 2.24) is 4.98 Å². The fraction of sp³-hybridized carbons (Fsp3) is 0.294. The van der Waals surface area contributed by atoms with Crippen LogP contribution in [0.2, 0.25) is 0 Å². The van der Waals surface area contributed by atoms with Crippen LogP contribution in [0.3, 0.4) is 0 Å². The molecule has 0 saturated heterocycles. The second-order valence-corrected chi connectivity index (χ2v) is 5.11. The van der Waals surface area contributed by atoms with Crippen LogP contribution in [0.15, 0.2) is 42.1 Å². The molecule has 1 N–H and O–H groups in total. The summed E-state index contributed by atoms with van der Waals surface area (Å²) in [5, 5.41) is 13.7. The lowest BCUT2D eigenvalue weighted by molar-refractivity contribution is 0.863. The zero-order valence-electron chi connectivity index (χ0n) is 11.4. The number of hydrogen-bond donors (Lipinski definition) is 1. The summed E-state index contributed by atoms with van der Waals surface area (Å²) >= 11 is 0. The third-order valence-electron chi connectivity index (χ3n) is 3.78. The molecule has 0 aliphatic heterocycles. The number of nitriles is 1. The number of aromatic nitrogens is 1. The fourth-order valence-electron chi connectivity index (χ4n) is 2.73. The first kappa shape index (κ1) is 12.7. The van der Waals surface area contributed by atoms with Crippen LogP contribution >= 0.6 is 0 Å². The normalized spacial score (nSPS) is 14.1. The highest BCUT2D eigenvalue weighted by atomic mass is 14.9. The maximum absolute atomic E-state index is 9.25. The van der Waals surface area contributed by atoms with Gasteiger partial charge in [0.1, 0.15) is 6.07 Å². The molecule has 1 aromatic carbocycles. The van der Waals surface area contributed by atoms with E-state index in [0.29, 0.717) is 5.56 Å². The Morgan fingerprint density at radius 3 is 3.00 bits per heavy atom. The summed E-state index contributed by atoms with van der Waals surface area (Å²) in [6.45, 7) is 0.870. The summed E-state index contributed by atoms with van der Waals surface area (Å²) in [5.41, 5.74) is 3.99. The van der Waals surface area contributed by atoms with Crippen molar-refractivity contribution in [3.63, 3.8) is 0 Å². The van der Waals surface area contributed by atoms with Crippen LogP contribution in [0.1, 0.15) is 31.2 Å². The lowest BCUT2D eigenvalue weighted by atomic mass is 10.1. The maximum Gasteiger partial charge on any atom is 0.103 e. The molecule has 0 fully saturated rings. The first-order chi connectivity index (χ1) is 9.88. The largest absolute Gasteiger partial charge is 0.383 e. The third-order valence-corrected chi connectivity index (χ3v) is 3.78. The maximum atomic E-state index is 9.25. The van der Waals surface area contributed by atoms with Crippen molar-refractivity contribution in [1.29, 1.82) is 5.26 Å². The van der Waals surface area contributed by atoms with Gasteiger partial charge in [-0.1, -0.05) is 29.8 Å². The molecular weight excluding hydrogens is 246 g/mol. The Hall–Kier alpha value is -2.34. The predicted octanol–water partition coefficient (Wildman–Crippen LogP) is 4.02. The van der Waals surface area contributed by atoms with Crippen LogP contribution in [-0.2, 0) is 0 Å². The van der Waals surface area contributed by atoms with Gasteiger partial charge in [-0.15, -0.1) is 0 Å². The van der Waals surface area contributed by atoms with Gasteiger partial charge in [-0.25, -0.2) is 0 Å². The van der Waals surface area contributed by atoms with Gasteiger partial charge in [-0.2, -0.15) is 5.26 Å². The highest BCUT2D eigenvalue weighted by molar-refractivity contribution is 5.93. The standard InChI is InChI=1S/C17H17N3/c18-11-14-12-20-16-8-4-3-7-15(16)17(14)19-10-9-13-5-1-2-6-13/h3-5,7-8,12H,1-2,6,9-10H2,(H,19,20). The summed E-state index contributed by atoms with van der Waals surface area (Å²) in [7, 11) is 0. The van der Waals surface area contributed by atoms with Crippen molar-refractivity contribution < 1.29 is 0 Å². The minimum absolute atomic E-state index is 0.615. The van der Waals surface area contributed by atoms with E-state index < -0.39 is 0 Å². The van der Waals surface area contributed by atoms with Crippen LogP contribution < -0.4 is 5.32 Å². The van der Waals surface area contributed by atoms with Crippen LogP contribution in [-0.4, -0.2) is 11.5 Å². The summed E-state index contributed by atoms with van der Waals surface area (Å²) in [5.74, 6) is 0. The van der Waals surface area contributed by atoms with Crippen molar-refractivity contribution in [3.8, 4) is 6.07 Å². The fourth-order valence-corrected chi connectivity index (χ4v) is 2.73. The number of fused-ring (bicyclic) bond motifs is 1. The van der Waals surface area contributed by atoms with Crippen LogP contribution in [0.5, 0.6) is 0 Å². The molecule has 0 spiro atoms. The molecule has 0 unspecified atom stereocenters. The third kappa shape index (κ3) is 2.50. The lowest BCUT2D eigenvalue weighted by Gasteiger charge is -2.11. The number of nitrogens with one attached hydrogen (secondary N) is 1. The number of benzene rings is 1. The smallest absolute Gasteiger partial charge is 0.103 e. The van der Waals surface area contributed by atoms with E-state index >= 15 is 0 Å². The summed E-state index contributed by atoms with van der Waals surface area (Å²) in [4.78, 5) is 4.32. The summed E-state index contributed by atoms with van der Waals surface area (Å²) in [6, 6.07) is 10.2. The highest BCUT2D eigenvalue weighted by Crippen LogP contribution is 2.26. The number of rotatable bonds is 4. The van der Waals surface area contributed by atoms with Crippen molar-refractivity contribution in [3.05, 3.63) is 47.7 Å². The minimum atomic E-state index is 0.615. The molecule has 20 heavy (non-hydrogen) atoms. The molecule has 0 amide bonds. The van der Waals surface area contributed by atoms with E-state index in [-0.39, 0.29) is 0 Å². The van der Waals surface area contributed by atoms with Crippen LogP contribution in [0.25, 0.3) is 10.9 Å². The van der Waals surface area contributed by atoms with E-state index in [0.717, 1.165) is 29.6 Å². The Bertz CT molecular complexity index is 695. The number of pyridine rings is 1. The molecule has 0 saturated carbocycles. The van der Waals surface area contributed by atoms with Crippen LogP contribution in [0.4, 0.5) is 5.69 Å². The van der Waals surface area contributed by atoms with E-state index in [1.54, 1.807) is 6.20 Å². The van der Waals surface area contributed by atoms with Gasteiger partial charge in [0.2, 0.25) is 0 Å². The second kappa shape index (κ2) is 5.75.